The van der Waals surface area contributed by atoms with E-state index in [4.69, 9.17) is 10.3 Å². The maximum Gasteiger partial charge on any atom is 0.155 e. The van der Waals surface area contributed by atoms with Crippen LogP contribution in [0.5, 0.6) is 0 Å². The molecule has 1 aliphatic rings. The molecule has 2 rings (SSSR count). The molecule has 0 atom stereocenters. The lowest BCUT2D eigenvalue weighted by Gasteiger charge is -2.09. The number of rotatable bonds is 1. The van der Waals surface area contributed by atoms with Gasteiger partial charge in [0.2, 0.25) is 0 Å². The SMILES string of the molecule is NCc1onc2c1CS(=O)(=O)CC2. The molecule has 0 saturated heterocycles. The molecule has 0 saturated carbocycles. The molecule has 0 unspecified atom stereocenters. The Morgan fingerprint density at radius 2 is 2.31 bits per heavy atom. The number of aryl methyl sites for hydroxylation is 1. The Morgan fingerprint density at radius 3 is 3.00 bits per heavy atom. The standard InChI is InChI=1S/C7H10N2O3S/c8-3-7-5-4-13(10,11)2-1-6(5)9-12-7/h1-4,8H2. The van der Waals surface area contributed by atoms with Crippen molar-refractivity contribution in [3.63, 3.8) is 0 Å². The first-order valence-electron chi connectivity index (χ1n) is 3.99. The van der Waals surface area contributed by atoms with Gasteiger partial charge in [-0.1, -0.05) is 5.16 Å². The summed E-state index contributed by atoms with van der Waals surface area (Å²) in [5.41, 5.74) is 6.80. The molecule has 0 aliphatic carbocycles. The zero-order valence-corrected chi connectivity index (χ0v) is 7.80. The van der Waals surface area contributed by atoms with E-state index in [9.17, 15) is 8.42 Å². The zero-order chi connectivity index (χ0) is 9.47. The highest BCUT2D eigenvalue weighted by Crippen LogP contribution is 2.22. The minimum Gasteiger partial charge on any atom is -0.359 e. The number of nitrogens with two attached hydrogens (primary N) is 1. The third kappa shape index (κ3) is 1.47. The molecule has 72 valence electrons. The van der Waals surface area contributed by atoms with E-state index < -0.39 is 9.84 Å². The third-order valence-electron chi connectivity index (χ3n) is 2.15. The first-order chi connectivity index (χ1) is 6.12. The van der Waals surface area contributed by atoms with E-state index in [1.807, 2.05) is 0 Å². The van der Waals surface area contributed by atoms with Gasteiger partial charge in [-0.25, -0.2) is 8.42 Å². The number of hydrogen-bond donors (Lipinski definition) is 1. The normalized spacial score (nSPS) is 19.8. The number of sulfone groups is 1. The molecule has 1 aromatic rings. The summed E-state index contributed by atoms with van der Waals surface area (Å²) < 4.78 is 27.5. The van der Waals surface area contributed by atoms with Crippen LogP contribution in [0.1, 0.15) is 17.0 Å². The molecule has 6 heteroatoms. The molecule has 0 amide bonds. The van der Waals surface area contributed by atoms with E-state index in [0.29, 0.717) is 17.7 Å². The molecule has 13 heavy (non-hydrogen) atoms. The average Bonchev–Trinajstić information content (AvgIpc) is 2.44. The lowest BCUT2D eigenvalue weighted by molar-refractivity contribution is 0.379. The Bertz CT molecular complexity index is 407. The predicted molar refractivity (Wildman–Crippen MR) is 45.6 cm³/mol. The number of nitrogens with zero attached hydrogens (tertiary/aromatic N) is 1. The van der Waals surface area contributed by atoms with Crippen LogP contribution in [0.4, 0.5) is 0 Å². The van der Waals surface area contributed by atoms with Crippen molar-refractivity contribution in [2.75, 3.05) is 5.75 Å². The van der Waals surface area contributed by atoms with Gasteiger partial charge in [-0.05, 0) is 0 Å². The molecule has 0 aromatic carbocycles. The lowest BCUT2D eigenvalue weighted by atomic mass is 10.2. The van der Waals surface area contributed by atoms with Gasteiger partial charge in [0.25, 0.3) is 0 Å². The Kier molecular flexibility index (Phi) is 1.88. The fourth-order valence-corrected chi connectivity index (χ4v) is 2.86. The zero-order valence-electron chi connectivity index (χ0n) is 6.99. The van der Waals surface area contributed by atoms with Crippen molar-refractivity contribution in [3.05, 3.63) is 17.0 Å². The summed E-state index contributed by atoms with van der Waals surface area (Å²) in [5, 5.41) is 3.77. The summed E-state index contributed by atoms with van der Waals surface area (Å²) in [6.07, 6.45) is 0.446. The summed E-state index contributed by atoms with van der Waals surface area (Å²) in [6.45, 7) is 0.206. The second-order valence-corrected chi connectivity index (χ2v) is 5.26. The number of hydrogen-bond acceptors (Lipinski definition) is 5. The van der Waals surface area contributed by atoms with Gasteiger partial charge in [0.1, 0.15) is 0 Å². The minimum absolute atomic E-state index is 0.0262. The van der Waals surface area contributed by atoms with E-state index in [-0.39, 0.29) is 18.1 Å². The molecule has 0 bridgehead atoms. The predicted octanol–water partition coefficient (Wildman–Crippen LogP) is -0.396. The molecule has 1 aliphatic heterocycles. The summed E-state index contributed by atoms with van der Waals surface area (Å²) in [6, 6.07) is 0. The molecule has 0 radical (unpaired) electrons. The molecule has 5 nitrogen and oxygen atoms in total. The van der Waals surface area contributed by atoms with Crippen molar-refractivity contribution in [1.82, 2.24) is 5.16 Å². The van der Waals surface area contributed by atoms with Gasteiger partial charge in [-0.15, -0.1) is 0 Å². The first-order valence-corrected chi connectivity index (χ1v) is 5.81. The van der Waals surface area contributed by atoms with E-state index in [0.717, 1.165) is 5.69 Å². The molecule has 0 spiro atoms. The summed E-state index contributed by atoms with van der Waals surface area (Å²) in [4.78, 5) is 0. The largest absolute Gasteiger partial charge is 0.359 e. The van der Waals surface area contributed by atoms with E-state index >= 15 is 0 Å². The van der Waals surface area contributed by atoms with Crippen LogP contribution in [0.2, 0.25) is 0 Å². The van der Waals surface area contributed by atoms with Crippen molar-refractivity contribution in [1.29, 1.82) is 0 Å². The van der Waals surface area contributed by atoms with Crippen LogP contribution in [0, 0.1) is 0 Å². The average molecular weight is 202 g/mol. The maximum absolute atomic E-state index is 11.3. The Hall–Kier alpha value is -0.880. The van der Waals surface area contributed by atoms with E-state index in [1.54, 1.807) is 0 Å². The van der Waals surface area contributed by atoms with Crippen LogP contribution in [-0.2, 0) is 28.6 Å². The molecular weight excluding hydrogens is 192 g/mol. The second kappa shape index (κ2) is 2.81. The summed E-state index contributed by atoms with van der Waals surface area (Å²) >= 11 is 0. The molecule has 2 N–H and O–H groups in total. The molecular formula is C7H10N2O3S. The number of aromatic nitrogens is 1. The highest BCUT2D eigenvalue weighted by atomic mass is 32.2. The van der Waals surface area contributed by atoms with Crippen molar-refractivity contribution in [3.8, 4) is 0 Å². The summed E-state index contributed by atoms with van der Waals surface area (Å²) in [7, 11) is -2.95. The topological polar surface area (TPSA) is 86.2 Å². The Labute approximate surface area is 75.8 Å². The number of fused-ring (bicyclic) bond motifs is 1. The van der Waals surface area contributed by atoms with Gasteiger partial charge >= 0.3 is 0 Å². The van der Waals surface area contributed by atoms with Gasteiger partial charge < -0.3 is 10.3 Å². The van der Waals surface area contributed by atoms with Crippen LogP contribution in [0.25, 0.3) is 0 Å². The van der Waals surface area contributed by atoms with Gasteiger partial charge in [0, 0.05) is 12.0 Å². The van der Waals surface area contributed by atoms with Crippen molar-refractivity contribution < 1.29 is 12.9 Å². The quantitative estimate of drug-likeness (QED) is 0.670. The highest BCUT2D eigenvalue weighted by molar-refractivity contribution is 7.90. The maximum atomic E-state index is 11.3. The second-order valence-electron chi connectivity index (χ2n) is 3.08. The fourth-order valence-electron chi connectivity index (χ4n) is 1.45. The van der Waals surface area contributed by atoms with Crippen molar-refractivity contribution in [2.24, 2.45) is 5.73 Å². The monoisotopic (exact) mass is 202 g/mol. The van der Waals surface area contributed by atoms with Gasteiger partial charge in [0.05, 0.1) is 23.7 Å². The Balaban J connectivity index is 2.47. The summed E-state index contributed by atoms with van der Waals surface area (Å²) in [5.74, 6) is 0.688. The first kappa shape index (κ1) is 8.71. The van der Waals surface area contributed by atoms with Crippen LogP contribution in [-0.4, -0.2) is 19.3 Å². The van der Waals surface area contributed by atoms with Crippen molar-refractivity contribution in [2.45, 2.75) is 18.7 Å². The van der Waals surface area contributed by atoms with Gasteiger partial charge in [-0.3, -0.25) is 0 Å². The smallest absolute Gasteiger partial charge is 0.155 e. The van der Waals surface area contributed by atoms with Crippen molar-refractivity contribution >= 4 is 9.84 Å². The lowest BCUT2D eigenvalue weighted by Crippen LogP contribution is -2.19. The minimum atomic E-state index is -2.95. The van der Waals surface area contributed by atoms with Crippen LogP contribution >= 0.6 is 0 Å². The molecule has 1 aromatic heterocycles. The Morgan fingerprint density at radius 1 is 1.54 bits per heavy atom. The highest BCUT2D eigenvalue weighted by Gasteiger charge is 2.27. The fraction of sp³-hybridized carbons (Fsp3) is 0.571. The van der Waals surface area contributed by atoms with Crippen LogP contribution in [0.15, 0.2) is 4.52 Å². The third-order valence-corrected chi connectivity index (χ3v) is 3.71. The molecule has 0 fully saturated rings. The van der Waals surface area contributed by atoms with Gasteiger partial charge in [0.15, 0.2) is 15.6 Å². The van der Waals surface area contributed by atoms with E-state index in [1.165, 1.54) is 0 Å². The van der Waals surface area contributed by atoms with Crippen LogP contribution in [0.3, 0.4) is 0 Å². The van der Waals surface area contributed by atoms with Gasteiger partial charge in [-0.2, -0.15) is 0 Å². The molecule has 2 heterocycles. The van der Waals surface area contributed by atoms with E-state index in [2.05, 4.69) is 5.16 Å². The van der Waals surface area contributed by atoms with Crippen LogP contribution < -0.4 is 5.73 Å².